The standard InChI is InChI=1S/C17H20O2S/c1-13(2)19-15-10-8-14(9-11-15)17(18)12-20-16-6-4-3-5-7-16/h3-11,13,17-18H,12H2,1-2H3. The normalized spacial score (nSPS) is 12.4. The Labute approximate surface area is 124 Å². The van der Waals surface area contributed by atoms with E-state index >= 15 is 0 Å². The van der Waals surface area contributed by atoms with Gasteiger partial charge in [-0.05, 0) is 43.7 Å². The van der Waals surface area contributed by atoms with Gasteiger partial charge in [0.25, 0.3) is 0 Å². The summed E-state index contributed by atoms with van der Waals surface area (Å²) in [6, 6.07) is 17.8. The first-order valence-corrected chi connectivity index (χ1v) is 7.76. The Morgan fingerprint density at radius 2 is 1.65 bits per heavy atom. The number of rotatable bonds is 6. The van der Waals surface area contributed by atoms with E-state index in [0.717, 1.165) is 11.3 Å². The summed E-state index contributed by atoms with van der Waals surface area (Å²) in [6.07, 6.45) is -0.298. The van der Waals surface area contributed by atoms with Gasteiger partial charge in [0.2, 0.25) is 0 Å². The summed E-state index contributed by atoms with van der Waals surface area (Å²) in [5, 5.41) is 10.2. The van der Waals surface area contributed by atoms with Crippen LogP contribution in [-0.2, 0) is 0 Å². The summed E-state index contributed by atoms with van der Waals surface area (Å²) >= 11 is 1.66. The van der Waals surface area contributed by atoms with Crippen molar-refractivity contribution in [3.05, 3.63) is 60.2 Å². The maximum Gasteiger partial charge on any atom is 0.119 e. The zero-order chi connectivity index (χ0) is 14.4. The van der Waals surface area contributed by atoms with Crippen molar-refractivity contribution >= 4 is 11.8 Å². The highest BCUT2D eigenvalue weighted by Gasteiger charge is 2.08. The van der Waals surface area contributed by atoms with E-state index in [-0.39, 0.29) is 6.10 Å². The molecule has 0 aliphatic heterocycles. The topological polar surface area (TPSA) is 29.5 Å². The monoisotopic (exact) mass is 288 g/mol. The van der Waals surface area contributed by atoms with Crippen molar-refractivity contribution < 1.29 is 9.84 Å². The first kappa shape index (κ1) is 14.9. The van der Waals surface area contributed by atoms with E-state index in [1.165, 1.54) is 4.90 Å². The Bertz CT molecular complexity index is 508. The smallest absolute Gasteiger partial charge is 0.119 e. The number of hydrogen-bond acceptors (Lipinski definition) is 3. The molecule has 0 amide bonds. The van der Waals surface area contributed by atoms with Crippen molar-refractivity contribution in [2.45, 2.75) is 31.0 Å². The Morgan fingerprint density at radius 3 is 2.25 bits per heavy atom. The van der Waals surface area contributed by atoms with Crippen LogP contribution in [0.2, 0.25) is 0 Å². The molecule has 0 saturated carbocycles. The van der Waals surface area contributed by atoms with Crippen molar-refractivity contribution in [2.75, 3.05) is 5.75 Å². The van der Waals surface area contributed by atoms with Crippen LogP contribution in [0.5, 0.6) is 5.75 Å². The fraction of sp³-hybridized carbons (Fsp3) is 0.294. The molecule has 0 radical (unpaired) electrons. The largest absolute Gasteiger partial charge is 0.491 e. The average molecular weight is 288 g/mol. The molecule has 2 nitrogen and oxygen atoms in total. The van der Waals surface area contributed by atoms with Gasteiger partial charge in [-0.2, -0.15) is 0 Å². The van der Waals surface area contributed by atoms with Crippen molar-refractivity contribution in [1.29, 1.82) is 0 Å². The third-order valence-corrected chi connectivity index (χ3v) is 3.88. The maximum absolute atomic E-state index is 10.2. The lowest BCUT2D eigenvalue weighted by Gasteiger charge is -2.13. The van der Waals surface area contributed by atoms with E-state index in [9.17, 15) is 5.11 Å². The highest BCUT2D eigenvalue weighted by molar-refractivity contribution is 7.99. The van der Waals surface area contributed by atoms with E-state index in [4.69, 9.17) is 4.74 Å². The minimum atomic E-state index is -0.465. The van der Waals surface area contributed by atoms with Gasteiger partial charge in [0, 0.05) is 10.6 Å². The molecule has 3 heteroatoms. The average Bonchev–Trinajstić information content (AvgIpc) is 2.46. The second-order valence-electron chi connectivity index (χ2n) is 4.88. The highest BCUT2D eigenvalue weighted by Crippen LogP contribution is 2.25. The number of thioether (sulfide) groups is 1. The number of aliphatic hydroxyl groups is 1. The molecule has 0 heterocycles. The molecule has 106 valence electrons. The van der Waals surface area contributed by atoms with Crippen molar-refractivity contribution in [2.24, 2.45) is 0 Å². The maximum atomic E-state index is 10.2. The molecule has 2 aromatic carbocycles. The molecule has 0 bridgehead atoms. The van der Waals surface area contributed by atoms with E-state index in [1.54, 1.807) is 11.8 Å². The number of hydrogen-bond donors (Lipinski definition) is 1. The van der Waals surface area contributed by atoms with Crippen LogP contribution in [0.1, 0.15) is 25.5 Å². The highest BCUT2D eigenvalue weighted by atomic mass is 32.2. The number of ether oxygens (including phenoxy) is 1. The quantitative estimate of drug-likeness (QED) is 0.804. The molecule has 1 N–H and O–H groups in total. The molecule has 0 spiro atoms. The van der Waals surface area contributed by atoms with Crippen LogP contribution < -0.4 is 4.74 Å². The number of aliphatic hydroxyl groups excluding tert-OH is 1. The summed E-state index contributed by atoms with van der Waals surface area (Å²) in [4.78, 5) is 1.17. The minimum Gasteiger partial charge on any atom is -0.491 e. The summed E-state index contributed by atoms with van der Waals surface area (Å²) < 4.78 is 5.59. The van der Waals surface area contributed by atoms with Crippen LogP contribution in [-0.4, -0.2) is 17.0 Å². The molecule has 0 saturated heterocycles. The minimum absolute atomic E-state index is 0.166. The molecule has 2 aromatic rings. The van der Waals surface area contributed by atoms with E-state index < -0.39 is 6.10 Å². The fourth-order valence-electron chi connectivity index (χ4n) is 1.83. The molecule has 0 aliphatic carbocycles. The van der Waals surface area contributed by atoms with Gasteiger partial charge in [0.05, 0.1) is 12.2 Å². The van der Waals surface area contributed by atoms with Gasteiger partial charge < -0.3 is 9.84 Å². The molecular weight excluding hydrogens is 268 g/mol. The summed E-state index contributed by atoms with van der Waals surface area (Å²) in [5.74, 6) is 1.49. The Morgan fingerprint density at radius 1 is 1.00 bits per heavy atom. The van der Waals surface area contributed by atoms with E-state index in [1.807, 2.05) is 56.3 Å². The molecular formula is C17H20O2S. The van der Waals surface area contributed by atoms with E-state index in [2.05, 4.69) is 12.1 Å². The third kappa shape index (κ3) is 4.58. The van der Waals surface area contributed by atoms with Gasteiger partial charge >= 0.3 is 0 Å². The first-order chi connectivity index (χ1) is 9.65. The zero-order valence-electron chi connectivity index (χ0n) is 11.8. The SMILES string of the molecule is CC(C)Oc1ccc(C(O)CSc2ccccc2)cc1. The predicted octanol–water partition coefficient (Wildman–Crippen LogP) is 4.30. The van der Waals surface area contributed by atoms with Crippen LogP contribution >= 0.6 is 11.8 Å². The van der Waals surface area contributed by atoms with Crippen LogP contribution in [0, 0.1) is 0 Å². The van der Waals surface area contributed by atoms with Gasteiger partial charge in [-0.15, -0.1) is 11.8 Å². The van der Waals surface area contributed by atoms with Crippen LogP contribution in [0.3, 0.4) is 0 Å². The Kier molecular flexibility index (Phi) is 5.50. The van der Waals surface area contributed by atoms with E-state index in [0.29, 0.717) is 5.75 Å². The van der Waals surface area contributed by atoms with Crippen molar-refractivity contribution in [3.63, 3.8) is 0 Å². The Hall–Kier alpha value is -1.45. The fourth-order valence-corrected chi connectivity index (χ4v) is 2.72. The zero-order valence-corrected chi connectivity index (χ0v) is 12.6. The van der Waals surface area contributed by atoms with Crippen molar-refractivity contribution in [1.82, 2.24) is 0 Å². The molecule has 1 unspecified atom stereocenters. The van der Waals surface area contributed by atoms with Gasteiger partial charge in [0.15, 0.2) is 0 Å². The molecule has 2 rings (SSSR count). The van der Waals surface area contributed by atoms with Crippen LogP contribution in [0.15, 0.2) is 59.5 Å². The lowest BCUT2D eigenvalue weighted by Crippen LogP contribution is -2.06. The predicted molar refractivity (Wildman–Crippen MR) is 84.3 cm³/mol. The van der Waals surface area contributed by atoms with Gasteiger partial charge in [-0.3, -0.25) is 0 Å². The summed E-state index contributed by atoms with van der Waals surface area (Å²) in [5.41, 5.74) is 0.921. The van der Waals surface area contributed by atoms with Crippen LogP contribution in [0.4, 0.5) is 0 Å². The molecule has 0 fully saturated rings. The molecule has 1 atom stereocenters. The molecule has 0 aliphatic rings. The summed E-state index contributed by atoms with van der Waals surface area (Å²) in [7, 11) is 0. The lowest BCUT2D eigenvalue weighted by molar-refractivity contribution is 0.203. The third-order valence-electron chi connectivity index (χ3n) is 2.79. The van der Waals surface area contributed by atoms with Crippen LogP contribution in [0.25, 0.3) is 0 Å². The Balaban J connectivity index is 1.90. The lowest BCUT2D eigenvalue weighted by atomic mass is 10.1. The number of benzene rings is 2. The second kappa shape index (κ2) is 7.36. The van der Waals surface area contributed by atoms with Gasteiger partial charge in [0.1, 0.15) is 5.75 Å². The summed E-state index contributed by atoms with van der Waals surface area (Å²) in [6.45, 7) is 4.00. The van der Waals surface area contributed by atoms with Crippen molar-refractivity contribution in [3.8, 4) is 5.75 Å². The molecule has 0 aromatic heterocycles. The first-order valence-electron chi connectivity index (χ1n) is 6.77. The van der Waals surface area contributed by atoms with Gasteiger partial charge in [-0.25, -0.2) is 0 Å². The van der Waals surface area contributed by atoms with Gasteiger partial charge in [-0.1, -0.05) is 30.3 Å². The second-order valence-corrected chi connectivity index (χ2v) is 5.97. The molecule has 20 heavy (non-hydrogen) atoms.